The molecule has 0 radical (unpaired) electrons. The molecule has 8 nitrogen and oxygen atoms in total. The number of tetrazole rings is 1. The first-order valence-electron chi connectivity index (χ1n) is 9.90. The van der Waals surface area contributed by atoms with Crippen LogP contribution in [0.4, 0.5) is 5.95 Å². The fourth-order valence-corrected chi connectivity index (χ4v) is 3.54. The van der Waals surface area contributed by atoms with Gasteiger partial charge in [0, 0.05) is 11.3 Å². The van der Waals surface area contributed by atoms with Gasteiger partial charge in [-0.1, -0.05) is 60.2 Å². The maximum atomic E-state index is 12.9. The average Bonchev–Trinajstić information content (AvgIpc) is 3.24. The fourth-order valence-electron chi connectivity index (χ4n) is 3.54. The Kier molecular flexibility index (Phi) is 5.79. The van der Waals surface area contributed by atoms with E-state index in [-0.39, 0.29) is 6.61 Å². The second-order valence-electron chi connectivity index (χ2n) is 7.15. The molecule has 2 aromatic carbocycles. The number of aromatic nitrogens is 4. The number of benzene rings is 2. The van der Waals surface area contributed by atoms with E-state index < -0.39 is 12.0 Å². The number of hydrogen-bond acceptors (Lipinski definition) is 7. The van der Waals surface area contributed by atoms with E-state index in [1.807, 2.05) is 55.5 Å². The quantitative estimate of drug-likeness (QED) is 0.464. The molecule has 0 spiro atoms. The molecule has 8 heteroatoms. The second kappa shape index (κ2) is 8.83. The van der Waals surface area contributed by atoms with Gasteiger partial charge in [-0.05, 0) is 41.5 Å². The van der Waals surface area contributed by atoms with E-state index >= 15 is 0 Å². The highest BCUT2D eigenvalue weighted by Crippen LogP contribution is 2.39. The molecule has 31 heavy (non-hydrogen) atoms. The number of para-hydroxylation sites is 1. The van der Waals surface area contributed by atoms with Crippen molar-refractivity contribution in [2.45, 2.75) is 26.5 Å². The van der Waals surface area contributed by atoms with Crippen molar-refractivity contribution >= 4 is 11.9 Å². The third kappa shape index (κ3) is 4.05. The summed E-state index contributed by atoms with van der Waals surface area (Å²) in [6.07, 6.45) is 1.53. The van der Waals surface area contributed by atoms with Crippen LogP contribution in [0.2, 0.25) is 0 Å². The van der Waals surface area contributed by atoms with Gasteiger partial charge in [0.25, 0.3) is 0 Å². The van der Waals surface area contributed by atoms with Gasteiger partial charge in [-0.15, -0.1) is 0 Å². The van der Waals surface area contributed by atoms with Crippen LogP contribution < -0.4 is 10.1 Å². The lowest BCUT2D eigenvalue weighted by Crippen LogP contribution is -2.30. The normalized spacial score (nSPS) is 15.1. The first-order valence-corrected chi connectivity index (χ1v) is 9.90. The summed E-state index contributed by atoms with van der Waals surface area (Å²) in [6.45, 7) is 7.96. The summed E-state index contributed by atoms with van der Waals surface area (Å²) in [7, 11) is 0. The molecule has 1 aliphatic heterocycles. The maximum absolute atomic E-state index is 12.9. The Morgan fingerprint density at radius 3 is 2.77 bits per heavy atom. The molecule has 1 atom stereocenters. The first-order chi connectivity index (χ1) is 15.1. The molecule has 1 unspecified atom stereocenters. The van der Waals surface area contributed by atoms with E-state index in [0.717, 1.165) is 16.7 Å². The summed E-state index contributed by atoms with van der Waals surface area (Å²) in [5, 5.41) is 15.0. The number of hydrogen-bond donors (Lipinski definition) is 1. The van der Waals surface area contributed by atoms with E-state index in [0.29, 0.717) is 29.6 Å². The minimum absolute atomic E-state index is 0.107. The van der Waals surface area contributed by atoms with Crippen LogP contribution in [0.3, 0.4) is 0 Å². The van der Waals surface area contributed by atoms with Crippen molar-refractivity contribution in [3.05, 3.63) is 89.1 Å². The van der Waals surface area contributed by atoms with Gasteiger partial charge in [-0.2, -0.15) is 4.68 Å². The third-order valence-corrected chi connectivity index (χ3v) is 5.12. The predicted molar refractivity (Wildman–Crippen MR) is 115 cm³/mol. The van der Waals surface area contributed by atoms with Crippen molar-refractivity contribution in [2.75, 3.05) is 11.9 Å². The monoisotopic (exact) mass is 417 g/mol. The summed E-state index contributed by atoms with van der Waals surface area (Å²) in [5.74, 6) is 0.613. The topological polar surface area (TPSA) is 91.2 Å². The number of carbonyl (C=O) groups excluding carboxylic acids is 1. The van der Waals surface area contributed by atoms with E-state index in [1.165, 1.54) is 6.08 Å². The molecular formula is C23H23N5O3. The number of carbonyl (C=O) groups is 1. The highest BCUT2D eigenvalue weighted by Gasteiger charge is 2.36. The lowest BCUT2D eigenvalue weighted by Gasteiger charge is -2.28. The number of fused-ring (bicyclic) bond motifs is 1. The molecule has 2 heterocycles. The van der Waals surface area contributed by atoms with Crippen LogP contribution in [0.25, 0.3) is 0 Å². The Morgan fingerprint density at radius 1 is 1.19 bits per heavy atom. The van der Waals surface area contributed by atoms with Crippen LogP contribution >= 0.6 is 0 Å². The van der Waals surface area contributed by atoms with Gasteiger partial charge in [0.1, 0.15) is 25.0 Å². The molecular weight excluding hydrogens is 394 g/mol. The van der Waals surface area contributed by atoms with Crippen molar-refractivity contribution in [3.8, 4) is 5.75 Å². The summed E-state index contributed by atoms with van der Waals surface area (Å²) in [6, 6.07) is 15.0. The van der Waals surface area contributed by atoms with Gasteiger partial charge in [0.05, 0.1) is 5.57 Å². The Morgan fingerprint density at radius 2 is 1.97 bits per heavy atom. The number of allylic oxidation sites excluding steroid dienone is 1. The number of nitrogens with one attached hydrogen (secondary N) is 1. The number of aryl methyl sites for hydroxylation is 1. The van der Waals surface area contributed by atoms with E-state index in [1.54, 1.807) is 11.6 Å². The Labute approximate surface area is 180 Å². The number of anilines is 1. The zero-order chi connectivity index (χ0) is 21.8. The molecule has 1 N–H and O–H groups in total. The number of nitrogens with zero attached hydrogens (tertiary/aromatic N) is 4. The van der Waals surface area contributed by atoms with Gasteiger partial charge in [-0.3, -0.25) is 0 Å². The molecule has 0 amide bonds. The maximum Gasteiger partial charge on any atom is 0.338 e. The fraction of sp³-hybridized carbons (Fsp3) is 0.217. The minimum atomic E-state index is -0.600. The lowest BCUT2D eigenvalue weighted by atomic mass is 9.95. The van der Waals surface area contributed by atoms with Crippen LogP contribution in [0.1, 0.15) is 29.7 Å². The number of esters is 1. The van der Waals surface area contributed by atoms with Crippen LogP contribution in [0.15, 0.2) is 72.5 Å². The van der Waals surface area contributed by atoms with E-state index in [4.69, 9.17) is 9.47 Å². The molecule has 1 aromatic heterocycles. The third-order valence-electron chi connectivity index (χ3n) is 5.12. The van der Waals surface area contributed by atoms with Gasteiger partial charge in [-0.25, -0.2) is 4.79 Å². The van der Waals surface area contributed by atoms with Gasteiger partial charge in [0.15, 0.2) is 0 Å². The zero-order valence-corrected chi connectivity index (χ0v) is 17.4. The highest BCUT2D eigenvalue weighted by atomic mass is 16.5. The second-order valence-corrected chi connectivity index (χ2v) is 7.15. The number of rotatable bonds is 7. The molecule has 1 aliphatic rings. The van der Waals surface area contributed by atoms with Gasteiger partial charge >= 0.3 is 5.97 Å². The van der Waals surface area contributed by atoms with Crippen molar-refractivity contribution < 1.29 is 14.3 Å². The standard InChI is InChI=1S/C23H23N5O3/c1-4-13-30-22(29)20-16(3)24-23-25-26-27-28(23)21(20)18-11-7-8-12-19(18)31-14-17-10-6-5-9-15(17)2/h4-12,21H,1,13-14H2,2-3H3,(H,24,25,27). The molecule has 0 saturated heterocycles. The molecule has 0 fully saturated rings. The van der Waals surface area contributed by atoms with Crippen molar-refractivity contribution in [1.82, 2.24) is 20.2 Å². The Hall–Kier alpha value is -3.94. The SMILES string of the molecule is C=CCOC(=O)C1=C(C)Nc2nnnn2C1c1ccccc1OCc1ccccc1C. The van der Waals surface area contributed by atoms with Crippen LogP contribution in [-0.2, 0) is 16.1 Å². The summed E-state index contributed by atoms with van der Waals surface area (Å²) in [4.78, 5) is 12.9. The van der Waals surface area contributed by atoms with Crippen molar-refractivity contribution in [2.24, 2.45) is 0 Å². The van der Waals surface area contributed by atoms with Crippen LogP contribution in [0.5, 0.6) is 5.75 Å². The number of ether oxygens (including phenoxy) is 2. The Bertz CT molecular complexity index is 1150. The van der Waals surface area contributed by atoms with Crippen LogP contribution in [-0.4, -0.2) is 32.8 Å². The minimum Gasteiger partial charge on any atom is -0.489 e. The molecule has 4 rings (SSSR count). The molecule has 0 bridgehead atoms. The van der Waals surface area contributed by atoms with Crippen molar-refractivity contribution in [1.29, 1.82) is 0 Å². The summed E-state index contributed by atoms with van der Waals surface area (Å²) in [5.41, 5.74) is 4.02. The highest BCUT2D eigenvalue weighted by molar-refractivity contribution is 5.92. The average molecular weight is 417 g/mol. The molecule has 0 saturated carbocycles. The molecule has 0 aliphatic carbocycles. The summed E-state index contributed by atoms with van der Waals surface area (Å²) < 4.78 is 13.1. The van der Waals surface area contributed by atoms with E-state index in [9.17, 15) is 4.79 Å². The van der Waals surface area contributed by atoms with E-state index in [2.05, 4.69) is 27.4 Å². The molecule has 158 valence electrons. The van der Waals surface area contributed by atoms with Crippen molar-refractivity contribution in [3.63, 3.8) is 0 Å². The lowest BCUT2D eigenvalue weighted by molar-refractivity contribution is -0.138. The first kappa shape index (κ1) is 20.3. The predicted octanol–water partition coefficient (Wildman–Crippen LogP) is 3.58. The largest absolute Gasteiger partial charge is 0.489 e. The van der Waals surface area contributed by atoms with Gasteiger partial charge < -0.3 is 14.8 Å². The van der Waals surface area contributed by atoms with Crippen LogP contribution in [0, 0.1) is 6.92 Å². The molecule has 3 aromatic rings. The summed E-state index contributed by atoms with van der Waals surface area (Å²) >= 11 is 0. The van der Waals surface area contributed by atoms with Gasteiger partial charge in [0.2, 0.25) is 5.95 Å². The smallest absolute Gasteiger partial charge is 0.338 e. The Balaban J connectivity index is 1.74. The zero-order valence-electron chi connectivity index (χ0n) is 17.4.